The highest BCUT2D eigenvalue weighted by Crippen LogP contribution is 2.40. The number of imidazole rings is 1. The third-order valence-corrected chi connectivity index (χ3v) is 5.55. The Balaban J connectivity index is 1.82. The molecule has 2 atom stereocenters. The largest absolute Gasteiger partial charge is 0.381 e. The molecule has 2 aromatic rings. The van der Waals surface area contributed by atoms with Gasteiger partial charge < -0.3 is 4.74 Å². The second-order valence-electron chi connectivity index (χ2n) is 5.57. The number of thioether (sulfide) groups is 1. The van der Waals surface area contributed by atoms with E-state index in [0.29, 0.717) is 11.3 Å². The first kappa shape index (κ1) is 12.7. The maximum Gasteiger partial charge on any atom is 0.160 e. The molecular weight excluding hydrogens is 270 g/mol. The van der Waals surface area contributed by atoms with Gasteiger partial charge in [-0.1, -0.05) is 0 Å². The van der Waals surface area contributed by atoms with E-state index >= 15 is 0 Å². The van der Waals surface area contributed by atoms with E-state index in [-0.39, 0.29) is 0 Å². The van der Waals surface area contributed by atoms with Gasteiger partial charge in [0, 0.05) is 18.7 Å². The van der Waals surface area contributed by atoms with E-state index < -0.39 is 0 Å². The summed E-state index contributed by atoms with van der Waals surface area (Å²) >= 11 is 2.04. The molecule has 2 fully saturated rings. The Hall–Kier alpha value is -1.07. The quantitative estimate of drug-likeness (QED) is 0.850. The molecule has 4 nitrogen and oxygen atoms in total. The molecule has 0 spiro atoms. The molecule has 2 saturated heterocycles. The zero-order valence-corrected chi connectivity index (χ0v) is 12.3. The number of hydrogen-bond donors (Lipinski definition) is 0. The van der Waals surface area contributed by atoms with Gasteiger partial charge in [-0.3, -0.25) is 4.57 Å². The highest BCUT2D eigenvalue weighted by atomic mass is 32.2. The van der Waals surface area contributed by atoms with E-state index in [2.05, 4.69) is 15.6 Å². The Morgan fingerprint density at radius 1 is 1.30 bits per heavy atom. The molecule has 0 amide bonds. The van der Waals surface area contributed by atoms with Crippen LogP contribution in [0.4, 0.5) is 0 Å². The lowest BCUT2D eigenvalue weighted by atomic mass is 10.0. The summed E-state index contributed by atoms with van der Waals surface area (Å²) in [6.45, 7) is 1.70. The molecule has 5 heteroatoms. The van der Waals surface area contributed by atoms with Crippen molar-refractivity contribution >= 4 is 22.9 Å². The standard InChI is InChI=1S/C15H19N3OS/c1-5-12-15(16-7-1)18(13-6-3-9-20-13)14(17-12)11-4-2-8-19-10-11/h1,5,7,11,13H,2-4,6,8-10H2. The van der Waals surface area contributed by atoms with Crippen molar-refractivity contribution in [2.24, 2.45) is 0 Å². The fourth-order valence-electron chi connectivity index (χ4n) is 3.23. The van der Waals surface area contributed by atoms with Crippen LogP contribution in [0.2, 0.25) is 0 Å². The fourth-order valence-corrected chi connectivity index (χ4v) is 4.52. The summed E-state index contributed by atoms with van der Waals surface area (Å²) in [7, 11) is 0. The zero-order chi connectivity index (χ0) is 13.4. The average Bonchev–Trinajstić information content (AvgIpc) is 3.14. The van der Waals surface area contributed by atoms with Gasteiger partial charge in [-0.25, -0.2) is 9.97 Å². The van der Waals surface area contributed by atoms with Gasteiger partial charge in [0.05, 0.1) is 12.0 Å². The van der Waals surface area contributed by atoms with Crippen LogP contribution in [0.3, 0.4) is 0 Å². The molecule has 20 heavy (non-hydrogen) atoms. The van der Waals surface area contributed by atoms with Crippen LogP contribution in [0.1, 0.15) is 42.8 Å². The number of rotatable bonds is 2. The Bertz CT molecular complexity index is 600. The minimum absolute atomic E-state index is 0.430. The summed E-state index contributed by atoms with van der Waals surface area (Å²) < 4.78 is 8.06. The number of fused-ring (bicyclic) bond motifs is 1. The van der Waals surface area contributed by atoms with Crippen molar-refractivity contribution in [3.63, 3.8) is 0 Å². The van der Waals surface area contributed by atoms with Crippen LogP contribution in [0, 0.1) is 0 Å². The highest BCUT2D eigenvalue weighted by Gasteiger charge is 2.28. The molecule has 0 saturated carbocycles. The van der Waals surface area contributed by atoms with Gasteiger partial charge in [0.1, 0.15) is 11.3 Å². The monoisotopic (exact) mass is 289 g/mol. The summed E-state index contributed by atoms with van der Waals surface area (Å²) in [5.74, 6) is 2.87. The van der Waals surface area contributed by atoms with Gasteiger partial charge in [0.2, 0.25) is 0 Å². The van der Waals surface area contributed by atoms with Gasteiger partial charge in [-0.05, 0) is 43.6 Å². The second kappa shape index (κ2) is 5.37. The first-order valence-electron chi connectivity index (χ1n) is 7.45. The number of ether oxygens (including phenoxy) is 1. The molecule has 4 rings (SSSR count). The van der Waals surface area contributed by atoms with Crippen molar-refractivity contribution in [3.05, 3.63) is 24.2 Å². The molecule has 2 aliphatic rings. The summed E-state index contributed by atoms with van der Waals surface area (Å²) in [6, 6.07) is 4.05. The Labute approximate surface area is 122 Å². The third-order valence-electron chi connectivity index (χ3n) is 4.20. The first-order chi connectivity index (χ1) is 9.93. The number of aromatic nitrogens is 3. The Morgan fingerprint density at radius 3 is 3.10 bits per heavy atom. The topological polar surface area (TPSA) is 39.9 Å². The van der Waals surface area contributed by atoms with Crippen molar-refractivity contribution in [1.82, 2.24) is 14.5 Å². The molecule has 0 radical (unpaired) electrons. The maximum atomic E-state index is 5.67. The van der Waals surface area contributed by atoms with Gasteiger partial charge in [-0.2, -0.15) is 0 Å². The normalized spacial score (nSPS) is 27.2. The van der Waals surface area contributed by atoms with Crippen LogP contribution < -0.4 is 0 Å². The van der Waals surface area contributed by atoms with E-state index in [1.54, 1.807) is 0 Å². The van der Waals surface area contributed by atoms with E-state index in [9.17, 15) is 0 Å². The predicted molar refractivity (Wildman–Crippen MR) is 81.1 cm³/mol. The number of pyridine rings is 1. The van der Waals surface area contributed by atoms with E-state index in [1.165, 1.54) is 30.8 Å². The molecule has 0 aliphatic carbocycles. The molecule has 0 aromatic carbocycles. The summed E-state index contributed by atoms with van der Waals surface area (Å²) in [6.07, 6.45) is 6.72. The summed E-state index contributed by atoms with van der Waals surface area (Å²) in [5.41, 5.74) is 2.08. The van der Waals surface area contributed by atoms with Gasteiger partial charge in [0.25, 0.3) is 0 Å². The van der Waals surface area contributed by atoms with Crippen molar-refractivity contribution in [2.75, 3.05) is 19.0 Å². The fraction of sp³-hybridized carbons (Fsp3) is 0.600. The molecule has 2 aromatic heterocycles. The van der Waals surface area contributed by atoms with Crippen molar-refractivity contribution in [3.8, 4) is 0 Å². The number of hydrogen-bond acceptors (Lipinski definition) is 4. The maximum absolute atomic E-state index is 5.67. The van der Waals surface area contributed by atoms with Crippen molar-refractivity contribution in [2.45, 2.75) is 37.0 Å². The lowest BCUT2D eigenvalue weighted by Gasteiger charge is -2.24. The van der Waals surface area contributed by atoms with E-state index in [0.717, 1.165) is 30.8 Å². The molecular formula is C15H19N3OS. The van der Waals surface area contributed by atoms with Gasteiger partial charge >= 0.3 is 0 Å². The minimum atomic E-state index is 0.430. The Morgan fingerprint density at radius 2 is 2.30 bits per heavy atom. The zero-order valence-electron chi connectivity index (χ0n) is 11.5. The average molecular weight is 289 g/mol. The summed E-state index contributed by atoms with van der Waals surface area (Å²) in [5, 5.41) is 0.506. The van der Waals surface area contributed by atoms with Crippen molar-refractivity contribution in [1.29, 1.82) is 0 Å². The lowest BCUT2D eigenvalue weighted by molar-refractivity contribution is 0.0771. The summed E-state index contributed by atoms with van der Waals surface area (Å²) in [4.78, 5) is 9.48. The van der Waals surface area contributed by atoms with Crippen LogP contribution in [0.15, 0.2) is 18.3 Å². The second-order valence-corrected chi connectivity index (χ2v) is 6.85. The lowest BCUT2D eigenvalue weighted by Crippen LogP contribution is -2.20. The van der Waals surface area contributed by atoms with Crippen LogP contribution in [0.25, 0.3) is 11.2 Å². The molecule has 4 heterocycles. The minimum Gasteiger partial charge on any atom is -0.381 e. The van der Waals surface area contributed by atoms with E-state index in [4.69, 9.17) is 9.72 Å². The first-order valence-corrected chi connectivity index (χ1v) is 8.50. The van der Waals surface area contributed by atoms with Crippen LogP contribution >= 0.6 is 11.8 Å². The highest BCUT2D eigenvalue weighted by molar-refractivity contribution is 7.99. The van der Waals surface area contributed by atoms with Gasteiger partial charge in [-0.15, -0.1) is 11.8 Å². The van der Waals surface area contributed by atoms with Crippen LogP contribution in [-0.2, 0) is 4.74 Å². The van der Waals surface area contributed by atoms with Gasteiger partial charge in [0.15, 0.2) is 5.65 Å². The molecule has 2 aliphatic heterocycles. The van der Waals surface area contributed by atoms with Crippen LogP contribution in [-0.4, -0.2) is 33.5 Å². The van der Waals surface area contributed by atoms with Crippen LogP contribution in [0.5, 0.6) is 0 Å². The number of nitrogens with zero attached hydrogens (tertiary/aromatic N) is 3. The smallest absolute Gasteiger partial charge is 0.160 e. The molecule has 0 bridgehead atoms. The molecule has 2 unspecified atom stereocenters. The van der Waals surface area contributed by atoms with Crippen molar-refractivity contribution < 1.29 is 4.74 Å². The Kier molecular flexibility index (Phi) is 3.40. The predicted octanol–water partition coefficient (Wildman–Crippen LogP) is 3.35. The van der Waals surface area contributed by atoms with E-state index in [1.807, 2.05) is 24.0 Å². The molecule has 106 valence electrons. The molecule has 0 N–H and O–H groups in total. The third kappa shape index (κ3) is 2.13. The SMILES string of the molecule is c1cnc2c(c1)nc(C1CCCOC1)n2C1CCCS1.